The Balaban J connectivity index is 1.90. The van der Waals surface area contributed by atoms with Gasteiger partial charge in [-0.2, -0.15) is 5.26 Å². The quantitative estimate of drug-likeness (QED) is 0.787. The molecule has 1 unspecified atom stereocenters. The molecular weight excluding hydrogens is 232 g/mol. The molecule has 0 bridgehead atoms. The Morgan fingerprint density at radius 2 is 2.17 bits per heavy atom. The van der Waals surface area contributed by atoms with E-state index < -0.39 is 6.04 Å². The topological polar surface area (TPSA) is 79.2 Å². The van der Waals surface area contributed by atoms with Crippen LogP contribution in [0.5, 0.6) is 0 Å². The second-order valence-corrected chi connectivity index (χ2v) is 4.06. The van der Waals surface area contributed by atoms with E-state index in [1.54, 1.807) is 24.3 Å². The number of hydrogen-bond acceptors (Lipinski definition) is 4. The van der Waals surface area contributed by atoms with Crippen molar-refractivity contribution in [1.29, 1.82) is 5.26 Å². The first-order valence-corrected chi connectivity index (χ1v) is 5.64. The summed E-state index contributed by atoms with van der Waals surface area (Å²) < 4.78 is 4.76. The van der Waals surface area contributed by atoms with Gasteiger partial charge in [-0.1, -0.05) is 12.1 Å². The van der Waals surface area contributed by atoms with Crippen molar-refractivity contribution in [2.24, 2.45) is 0 Å². The van der Waals surface area contributed by atoms with Crippen LogP contribution in [0.25, 0.3) is 0 Å². The van der Waals surface area contributed by atoms with Crippen LogP contribution in [0.15, 0.2) is 24.3 Å². The second-order valence-electron chi connectivity index (χ2n) is 4.06. The van der Waals surface area contributed by atoms with E-state index in [1.165, 1.54) is 0 Å². The molecule has 1 fully saturated rings. The van der Waals surface area contributed by atoms with Crippen molar-refractivity contribution in [2.75, 3.05) is 6.61 Å². The molecule has 1 aromatic rings. The number of nitriles is 1. The molecule has 0 saturated carbocycles. The van der Waals surface area contributed by atoms with Gasteiger partial charge in [0, 0.05) is 6.42 Å². The number of carbonyl (C=O) groups is 2. The maximum Gasteiger partial charge on any atom is 0.328 e. The number of nitrogens with zero attached hydrogens (tertiary/aromatic N) is 1. The van der Waals surface area contributed by atoms with Crippen molar-refractivity contribution in [3.05, 3.63) is 35.4 Å². The summed E-state index contributed by atoms with van der Waals surface area (Å²) in [5.74, 6) is -0.591. The zero-order valence-corrected chi connectivity index (χ0v) is 9.68. The average Bonchev–Trinajstić information content (AvgIpc) is 2.76. The van der Waals surface area contributed by atoms with Crippen molar-refractivity contribution in [3.63, 3.8) is 0 Å². The molecule has 0 spiro atoms. The third-order valence-electron chi connectivity index (χ3n) is 2.72. The fourth-order valence-electron chi connectivity index (χ4n) is 1.75. The first kappa shape index (κ1) is 12.1. The smallest absolute Gasteiger partial charge is 0.328 e. The molecule has 0 radical (unpaired) electrons. The Hall–Kier alpha value is -2.35. The molecule has 2 rings (SSSR count). The van der Waals surface area contributed by atoms with Gasteiger partial charge in [-0.15, -0.1) is 0 Å². The standard InChI is InChI=1S/C13H12N2O3/c14-8-10-3-1-9(2-4-10)7-12(16)15-11-5-6-18-13(11)17/h1-4,11H,5-7H2,(H,15,16). The molecule has 1 amide bonds. The Kier molecular flexibility index (Phi) is 3.58. The lowest BCUT2D eigenvalue weighted by molar-refractivity contribution is -0.141. The Labute approximate surface area is 104 Å². The van der Waals surface area contributed by atoms with Gasteiger partial charge in [0.05, 0.1) is 24.7 Å². The summed E-state index contributed by atoms with van der Waals surface area (Å²) in [6.07, 6.45) is 0.716. The minimum Gasteiger partial charge on any atom is -0.464 e. The Bertz CT molecular complexity index is 502. The molecule has 1 atom stereocenters. The first-order chi connectivity index (χ1) is 8.69. The van der Waals surface area contributed by atoms with E-state index in [0.29, 0.717) is 18.6 Å². The van der Waals surface area contributed by atoms with Crippen LogP contribution in [0.2, 0.25) is 0 Å². The molecule has 18 heavy (non-hydrogen) atoms. The molecule has 1 aliphatic rings. The number of carbonyl (C=O) groups excluding carboxylic acids is 2. The SMILES string of the molecule is N#Cc1ccc(CC(=O)NC2CCOC2=O)cc1. The number of amides is 1. The van der Waals surface area contributed by atoms with Gasteiger partial charge in [0.1, 0.15) is 6.04 Å². The van der Waals surface area contributed by atoms with Gasteiger partial charge in [-0.25, -0.2) is 4.79 Å². The monoisotopic (exact) mass is 244 g/mol. The lowest BCUT2D eigenvalue weighted by Crippen LogP contribution is -2.38. The second kappa shape index (κ2) is 5.32. The number of rotatable bonds is 3. The van der Waals surface area contributed by atoms with Crippen LogP contribution in [-0.2, 0) is 20.7 Å². The lowest BCUT2D eigenvalue weighted by atomic mass is 10.1. The van der Waals surface area contributed by atoms with Crippen molar-refractivity contribution in [2.45, 2.75) is 18.9 Å². The molecule has 5 nitrogen and oxygen atoms in total. The van der Waals surface area contributed by atoms with Crippen LogP contribution in [0, 0.1) is 11.3 Å². The third-order valence-corrected chi connectivity index (χ3v) is 2.72. The number of hydrogen-bond donors (Lipinski definition) is 1. The van der Waals surface area contributed by atoms with E-state index in [0.717, 1.165) is 5.56 Å². The van der Waals surface area contributed by atoms with Crippen LogP contribution < -0.4 is 5.32 Å². The van der Waals surface area contributed by atoms with Gasteiger partial charge in [-0.3, -0.25) is 4.79 Å². The van der Waals surface area contributed by atoms with E-state index in [4.69, 9.17) is 10.00 Å². The van der Waals surface area contributed by atoms with E-state index >= 15 is 0 Å². The number of nitrogens with one attached hydrogen (secondary N) is 1. The van der Waals surface area contributed by atoms with Crippen LogP contribution in [0.1, 0.15) is 17.5 Å². The maximum atomic E-state index is 11.7. The zero-order valence-electron chi connectivity index (χ0n) is 9.68. The van der Waals surface area contributed by atoms with Crippen molar-refractivity contribution in [3.8, 4) is 6.07 Å². The molecule has 1 heterocycles. The van der Waals surface area contributed by atoms with Gasteiger partial charge in [0.2, 0.25) is 5.91 Å². The third kappa shape index (κ3) is 2.86. The summed E-state index contributed by atoms with van der Waals surface area (Å²) >= 11 is 0. The predicted molar refractivity (Wildman–Crippen MR) is 62.4 cm³/mol. The minimum atomic E-state index is -0.518. The Morgan fingerprint density at radius 1 is 1.44 bits per heavy atom. The van der Waals surface area contributed by atoms with E-state index in [-0.39, 0.29) is 18.3 Å². The predicted octanol–water partition coefficient (Wildman–Crippen LogP) is 0.532. The van der Waals surface area contributed by atoms with Gasteiger partial charge >= 0.3 is 5.97 Å². The van der Waals surface area contributed by atoms with E-state index in [2.05, 4.69) is 5.32 Å². The number of esters is 1. The first-order valence-electron chi connectivity index (χ1n) is 5.64. The minimum absolute atomic E-state index is 0.190. The fraction of sp³-hybridized carbons (Fsp3) is 0.308. The van der Waals surface area contributed by atoms with E-state index in [9.17, 15) is 9.59 Å². The number of benzene rings is 1. The highest BCUT2D eigenvalue weighted by molar-refractivity contribution is 5.86. The fourth-order valence-corrected chi connectivity index (χ4v) is 1.75. The highest BCUT2D eigenvalue weighted by Crippen LogP contribution is 2.07. The lowest BCUT2D eigenvalue weighted by Gasteiger charge is -2.08. The zero-order chi connectivity index (χ0) is 13.0. The van der Waals surface area contributed by atoms with Crippen molar-refractivity contribution >= 4 is 11.9 Å². The molecule has 1 aromatic carbocycles. The molecule has 5 heteroatoms. The summed E-state index contributed by atoms with van der Waals surface area (Å²) in [5.41, 5.74) is 1.36. The van der Waals surface area contributed by atoms with Crippen LogP contribution >= 0.6 is 0 Å². The largest absolute Gasteiger partial charge is 0.464 e. The highest BCUT2D eigenvalue weighted by atomic mass is 16.5. The van der Waals surface area contributed by atoms with Crippen molar-refractivity contribution in [1.82, 2.24) is 5.32 Å². The van der Waals surface area contributed by atoms with Crippen LogP contribution in [-0.4, -0.2) is 24.5 Å². The van der Waals surface area contributed by atoms with Crippen LogP contribution in [0.4, 0.5) is 0 Å². The molecule has 0 aromatic heterocycles. The molecule has 1 aliphatic heterocycles. The average molecular weight is 244 g/mol. The summed E-state index contributed by atoms with van der Waals surface area (Å²) in [4.78, 5) is 22.9. The summed E-state index contributed by atoms with van der Waals surface area (Å²) in [5, 5.41) is 11.3. The highest BCUT2D eigenvalue weighted by Gasteiger charge is 2.27. The molecule has 1 saturated heterocycles. The van der Waals surface area contributed by atoms with Gasteiger partial charge in [0.25, 0.3) is 0 Å². The Morgan fingerprint density at radius 3 is 2.72 bits per heavy atom. The van der Waals surface area contributed by atoms with Crippen LogP contribution in [0.3, 0.4) is 0 Å². The van der Waals surface area contributed by atoms with Gasteiger partial charge in [-0.05, 0) is 17.7 Å². The molecule has 92 valence electrons. The molecule has 0 aliphatic carbocycles. The normalized spacial score (nSPS) is 17.9. The summed E-state index contributed by atoms with van der Waals surface area (Å²) in [7, 11) is 0. The summed E-state index contributed by atoms with van der Waals surface area (Å²) in [6, 6.07) is 8.27. The molecular formula is C13H12N2O3. The van der Waals surface area contributed by atoms with E-state index in [1.807, 2.05) is 6.07 Å². The maximum absolute atomic E-state index is 11.7. The number of cyclic esters (lactones) is 1. The number of ether oxygens (including phenoxy) is 1. The summed E-state index contributed by atoms with van der Waals surface area (Å²) in [6.45, 7) is 0.362. The van der Waals surface area contributed by atoms with Gasteiger partial charge < -0.3 is 10.1 Å². The van der Waals surface area contributed by atoms with Crippen molar-refractivity contribution < 1.29 is 14.3 Å². The molecule has 1 N–H and O–H groups in total. The van der Waals surface area contributed by atoms with Gasteiger partial charge in [0.15, 0.2) is 0 Å².